The van der Waals surface area contributed by atoms with E-state index < -0.39 is 0 Å². The van der Waals surface area contributed by atoms with Crippen molar-refractivity contribution in [2.45, 2.75) is 26.0 Å². The van der Waals surface area contributed by atoms with Gasteiger partial charge < -0.3 is 10.5 Å². The zero-order valence-electron chi connectivity index (χ0n) is 11.4. The first kappa shape index (κ1) is 15.2. The van der Waals surface area contributed by atoms with Crippen LogP contribution in [0.3, 0.4) is 0 Å². The molecule has 0 aliphatic carbocycles. The summed E-state index contributed by atoms with van der Waals surface area (Å²) < 4.78 is 5.99. The smallest absolute Gasteiger partial charge is 0.140 e. The third kappa shape index (κ3) is 3.45. The van der Waals surface area contributed by atoms with E-state index in [0.717, 1.165) is 11.1 Å². The molecule has 0 aliphatic heterocycles. The SMILES string of the molecule is Cc1cccc(C(Oc2cccc(Cl)c2Cl)C(C)N)c1. The van der Waals surface area contributed by atoms with Crippen molar-refractivity contribution in [2.24, 2.45) is 5.73 Å². The molecule has 2 N–H and O–H groups in total. The molecule has 0 saturated heterocycles. The summed E-state index contributed by atoms with van der Waals surface area (Å²) in [6.45, 7) is 3.94. The van der Waals surface area contributed by atoms with Crippen LogP contribution in [0.2, 0.25) is 10.0 Å². The molecule has 2 atom stereocenters. The van der Waals surface area contributed by atoms with E-state index >= 15 is 0 Å². The average Bonchev–Trinajstić information content (AvgIpc) is 2.40. The van der Waals surface area contributed by atoms with Gasteiger partial charge in [0.05, 0.1) is 5.02 Å². The van der Waals surface area contributed by atoms with Gasteiger partial charge in [0.1, 0.15) is 16.9 Å². The summed E-state index contributed by atoms with van der Waals surface area (Å²) in [5, 5.41) is 0.879. The second-order valence-electron chi connectivity index (χ2n) is 4.86. The zero-order chi connectivity index (χ0) is 14.7. The van der Waals surface area contributed by atoms with E-state index in [-0.39, 0.29) is 12.1 Å². The van der Waals surface area contributed by atoms with Crippen LogP contribution in [0.25, 0.3) is 0 Å². The van der Waals surface area contributed by atoms with Crippen LogP contribution < -0.4 is 10.5 Å². The molecule has 2 nitrogen and oxygen atoms in total. The van der Waals surface area contributed by atoms with E-state index in [1.54, 1.807) is 18.2 Å². The van der Waals surface area contributed by atoms with Crippen LogP contribution in [0.1, 0.15) is 24.2 Å². The summed E-state index contributed by atoms with van der Waals surface area (Å²) in [5.41, 5.74) is 8.24. The number of rotatable bonds is 4. The lowest BCUT2D eigenvalue weighted by Crippen LogP contribution is -2.29. The van der Waals surface area contributed by atoms with Crippen LogP contribution >= 0.6 is 23.2 Å². The Bertz CT molecular complexity index is 599. The van der Waals surface area contributed by atoms with Crippen molar-refractivity contribution in [1.29, 1.82) is 0 Å². The molecule has 2 aromatic carbocycles. The van der Waals surface area contributed by atoms with Crippen LogP contribution in [0.4, 0.5) is 0 Å². The highest BCUT2D eigenvalue weighted by Crippen LogP contribution is 2.35. The molecule has 20 heavy (non-hydrogen) atoms. The summed E-state index contributed by atoms with van der Waals surface area (Å²) in [6.07, 6.45) is -0.272. The normalized spacial score (nSPS) is 13.8. The number of hydrogen-bond donors (Lipinski definition) is 1. The fourth-order valence-electron chi connectivity index (χ4n) is 2.04. The number of hydrogen-bond acceptors (Lipinski definition) is 2. The van der Waals surface area contributed by atoms with Crippen molar-refractivity contribution in [2.75, 3.05) is 0 Å². The number of nitrogens with two attached hydrogens (primary N) is 1. The molecule has 0 aliphatic rings. The highest BCUT2D eigenvalue weighted by Gasteiger charge is 2.20. The summed E-state index contributed by atoms with van der Waals surface area (Å²) in [5.74, 6) is 0.544. The van der Waals surface area contributed by atoms with Crippen molar-refractivity contribution >= 4 is 23.2 Å². The van der Waals surface area contributed by atoms with E-state index in [4.69, 9.17) is 33.7 Å². The van der Waals surface area contributed by atoms with Gasteiger partial charge >= 0.3 is 0 Å². The summed E-state index contributed by atoms with van der Waals surface area (Å²) in [4.78, 5) is 0. The molecule has 0 heterocycles. The van der Waals surface area contributed by atoms with E-state index in [9.17, 15) is 0 Å². The average molecular weight is 310 g/mol. The van der Waals surface area contributed by atoms with Crippen molar-refractivity contribution in [3.8, 4) is 5.75 Å². The molecule has 0 spiro atoms. The van der Waals surface area contributed by atoms with Gasteiger partial charge in [0.2, 0.25) is 0 Å². The van der Waals surface area contributed by atoms with Crippen LogP contribution in [0.5, 0.6) is 5.75 Å². The van der Waals surface area contributed by atoms with Crippen molar-refractivity contribution in [3.63, 3.8) is 0 Å². The second-order valence-corrected chi connectivity index (χ2v) is 5.65. The predicted molar refractivity (Wildman–Crippen MR) is 84.7 cm³/mol. The first-order valence-corrected chi connectivity index (χ1v) is 7.17. The predicted octanol–water partition coefficient (Wildman–Crippen LogP) is 4.77. The zero-order valence-corrected chi connectivity index (χ0v) is 12.9. The van der Waals surface area contributed by atoms with Gasteiger partial charge in [-0.3, -0.25) is 0 Å². The summed E-state index contributed by atoms with van der Waals surface area (Å²) in [6, 6.07) is 13.2. The van der Waals surface area contributed by atoms with Gasteiger partial charge in [0, 0.05) is 6.04 Å². The molecule has 0 bridgehead atoms. The molecule has 4 heteroatoms. The van der Waals surface area contributed by atoms with Crippen molar-refractivity contribution < 1.29 is 4.74 Å². The van der Waals surface area contributed by atoms with E-state index in [1.165, 1.54) is 0 Å². The van der Waals surface area contributed by atoms with E-state index in [1.807, 2.05) is 32.0 Å². The fraction of sp³-hybridized carbons (Fsp3) is 0.250. The maximum atomic E-state index is 6.16. The fourth-order valence-corrected chi connectivity index (χ4v) is 2.37. The minimum atomic E-state index is -0.272. The lowest BCUT2D eigenvalue weighted by Gasteiger charge is -2.24. The van der Waals surface area contributed by atoms with Crippen molar-refractivity contribution in [3.05, 3.63) is 63.6 Å². The van der Waals surface area contributed by atoms with Crippen LogP contribution in [0, 0.1) is 6.92 Å². The molecular weight excluding hydrogens is 293 g/mol. The lowest BCUT2D eigenvalue weighted by atomic mass is 10.0. The monoisotopic (exact) mass is 309 g/mol. The molecule has 0 radical (unpaired) electrons. The van der Waals surface area contributed by atoms with Gasteiger partial charge in [-0.1, -0.05) is 59.1 Å². The highest BCUT2D eigenvalue weighted by molar-refractivity contribution is 6.42. The van der Waals surface area contributed by atoms with Crippen LogP contribution in [0.15, 0.2) is 42.5 Å². The highest BCUT2D eigenvalue weighted by atomic mass is 35.5. The second kappa shape index (κ2) is 6.49. The van der Waals surface area contributed by atoms with Gasteiger partial charge in [-0.05, 0) is 31.5 Å². The largest absolute Gasteiger partial charge is 0.482 e. The Morgan fingerprint density at radius 2 is 1.80 bits per heavy atom. The maximum absolute atomic E-state index is 6.16. The van der Waals surface area contributed by atoms with Gasteiger partial charge in [0.15, 0.2) is 0 Å². The Morgan fingerprint density at radius 3 is 2.45 bits per heavy atom. The third-order valence-corrected chi connectivity index (χ3v) is 3.82. The molecule has 2 aromatic rings. The molecular formula is C16H17Cl2NO. The molecule has 0 saturated carbocycles. The minimum absolute atomic E-state index is 0.174. The number of ether oxygens (including phenoxy) is 1. The first-order chi connectivity index (χ1) is 9.49. The van der Waals surface area contributed by atoms with Gasteiger partial charge in [0.25, 0.3) is 0 Å². The molecule has 0 fully saturated rings. The van der Waals surface area contributed by atoms with Crippen LogP contribution in [-0.4, -0.2) is 6.04 Å². The topological polar surface area (TPSA) is 35.2 Å². The minimum Gasteiger partial charge on any atom is -0.482 e. The molecule has 106 valence electrons. The molecule has 0 amide bonds. The van der Waals surface area contributed by atoms with E-state index in [0.29, 0.717) is 15.8 Å². The quantitative estimate of drug-likeness (QED) is 0.883. The number of benzene rings is 2. The van der Waals surface area contributed by atoms with Crippen LogP contribution in [-0.2, 0) is 0 Å². The molecule has 0 aromatic heterocycles. The standard InChI is InChI=1S/C16H17Cl2NO/c1-10-5-3-6-12(9-10)16(11(2)19)20-14-8-4-7-13(17)15(14)18/h3-9,11,16H,19H2,1-2H3. The number of aryl methyl sites for hydroxylation is 1. The maximum Gasteiger partial charge on any atom is 0.140 e. The van der Waals surface area contributed by atoms with Gasteiger partial charge in [-0.25, -0.2) is 0 Å². The Balaban J connectivity index is 2.33. The lowest BCUT2D eigenvalue weighted by molar-refractivity contribution is 0.180. The Kier molecular flexibility index (Phi) is 4.92. The Labute approximate surface area is 129 Å². The first-order valence-electron chi connectivity index (χ1n) is 6.42. The van der Waals surface area contributed by atoms with Gasteiger partial charge in [-0.15, -0.1) is 0 Å². The molecule has 2 rings (SSSR count). The third-order valence-electron chi connectivity index (χ3n) is 3.02. The molecule has 2 unspecified atom stereocenters. The number of halogens is 2. The van der Waals surface area contributed by atoms with Crippen molar-refractivity contribution in [1.82, 2.24) is 0 Å². The van der Waals surface area contributed by atoms with Gasteiger partial charge in [-0.2, -0.15) is 0 Å². The van der Waals surface area contributed by atoms with E-state index in [2.05, 4.69) is 6.07 Å². The Morgan fingerprint density at radius 1 is 1.10 bits per heavy atom. The Hall–Kier alpha value is -1.22. The summed E-state index contributed by atoms with van der Waals surface area (Å²) >= 11 is 12.2. The summed E-state index contributed by atoms with van der Waals surface area (Å²) in [7, 11) is 0.